The Hall–Kier alpha value is -2.60. The molecular weight excluding hydrogens is 308 g/mol. The standard InChI is InChI=1S/C15H13ClN2O4/c1-8(19)17-12-6-14(21)15(22-2)7-13(12)18-11-4-3-9(20)5-10(11)16/h3-7,21H,1-2H3,(H,17,19). The van der Waals surface area contributed by atoms with E-state index in [0.717, 1.165) is 0 Å². The summed E-state index contributed by atoms with van der Waals surface area (Å²) < 4.78 is 5.03. The predicted molar refractivity (Wildman–Crippen MR) is 84.1 cm³/mol. The third-order valence-corrected chi connectivity index (χ3v) is 3.07. The van der Waals surface area contributed by atoms with Crippen molar-refractivity contribution in [3.63, 3.8) is 0 Å². The summed E-state index contributed by atoms with van der Waals surface area (Å²) in [5.41, 5.74) is 0.999. The molecular formula is C15H13ClN2O4. The highest BCUT2D eigenvalue weighted by Crippen LogP contribution is 2.38. The summed E-state index contributed by atoms with van der Waals surface area (Å²) in [5.74, 6) is -0.480. The lowest BCUT2D eigenvalue weighted by Gasteiger charge is -2.12. The van der Waals surface area contributed by atoms with Crippen molar-refractivity contribution in [1.29, 1.82) is 0 Å². The monoisotopic (exact) mass is 320 g/mol. The second-order valence-electron chi connectivity index (χ2n) is 4.45. The van der Waals surface area contributed by atoms with Crippen molar-refractivity contribution in [3.8, 4) is 11.5 Å². The third kappa shape index (κ3) is 3.53. The minimum absolute atomic E-state index is 0.133. The van der Waals surface area contributed by atoms with Gasteiger partial charge in [0, 0.05) is 25.1 Å². The number of phenolic OH excluding ortho intramolecular Hbond substituents is 1. The van der Waals surface area contributed by atoms with E-state index in [4.69, 9.17) is 16.3 Å². The molecule has 2 N–H and O–H groups in total. The number of carbonyl (C=O) groups is 2. The highest BCUT2D eigenvalue weighted by atomic mass is 35.5. The molecule has 1 aliphatic carbocycles. The fourth-order valence-corrected chi connectivity index (χ4v) is 2.02. The summed E-state index contributed by atoms with van der Waals surface area (Å²) in [6.45, 7) is 1.34. The van der Waals surface area contributed by atoms with Crippen molar-refractivity contribution < 1.29 is 19.4 Å². The van der Waals surface area contributed by atoms with Crippen LogP contribution in [0.25, 0.3) is 0 Å². The number of rotatable bonds is 3. The number of methoxy groups -OCH3 is 1. The number of halogens is 1. The molecule has 1 amide bonds. The van der Waals surface area contributed by atoms with Gasteiger partial charge in [0.25, 0.3) is 0 Å². The number of anilines is 1. The zero-order valence-electron chi connectivity index (χ0n) is 11.9. The molecule has 22 heavy (non-hydrogen) atoms. The molecule has 0 radical (unpaired) electrons. The van der Waals surface area contributed by atoms with E-state index in [1.807, 2.05) is 0 Å². The number of benzene rings is 1. The number of phenols is 1. The number of ketones is 1. The van der Waals surface area contributed by atoms with Gasteiger partial charge in [0.2, 0.25) is 5.91 Å². The van der Waals surface area contributed by atoms with Gasteiger partial charge in [0.1, 0.15) is 0 Å². The van der Waals surface area contributed by atoms with Crippen LogP contribution >= 0.6 is 11.6 Å². The van der Waals surface area contributed by atoms with Gasteiger partial charge < -0.3 is 15.2 Å². The van der Waals surface area contributed by atoms with Gasteiger partial charge in [-0.1, -0.05) is 11.6 Å². The third-order valence-electron chi connectivity index (χ3n) is 2.77. The zero-order chi connectivity index (χ0) is 16.3. The molecule has 1 aromatic carbocycles. The van der Waals surface area contributed by atoms with Crippen LogP contribution in [-0.2, 0) is 9.59 Å². The van der Waals surface area contributed by atoms with E-state index in [1.165, 1.54) is 44.4 Å². The highest BCUT2D eigenvalue weighted by Gasteiger charge is 2.14. The summed E-state index contributed by atoms with van der Waals surface area (Å²) in [6, 6.07) is 2.79. The molecule has 1 aliphatic rings. The Labute approximate surface area is 131 Å². The van der Waals surface area contributed by atoms with E-state index in [2.05, 4.69) is 10.3 Å². The van der Waals surface area contributed by atoms with Gasteiger partial charge in [-0.3, -0.25) is 9.59 Å². The van der Waals surface area contributed by atoms with Gasteiger partial charge in [-0.25, -0.2) is 4.99 Å². The first-order valence-electron chi connectivity index (χ1n) is 6.27. The lowest BCUT2D eigenvalue weighted by Crippen LogP contribution is -2.07. The molecule has 1 aromatic rings. The molecule has 0 fully saturated rings. The van der Waals surface area contributed by atoms with Crippen LogP contribution in [0.15, 0.2) is 40.4 Å². The van der Waals surface area contributed by atoms with Gasteiger partial charge in [-0.15, -0.1) is 0 Å². The summed E-state index contributed by atoms with van der Waals surface area (Å²) >= 11 is 5.98. The molecule has 0 saturated heterocycles. The SMILES string of the molecule is COc1cc(N=C2C=CC(=O)C=C2Cl)c(NC(C)=O)cc1O. The number of ether oxygens (including phenoxy) is 1. The Balaban J connectivity index is 2.53. The zero-order valence-corrected chi connectivity index (χ0v) is 12.6. The molecule has 2 rings (SSSR count). The topological polar surface area (TPSA) is 88.0 Å². The highest BCUT2D eigenvalue weighted by molar-refractivity contribution is 6.48. The smallest absolute Gasteiger partial charge is 0.221 e. The average Bonchev–Trinajstić information content (AvgIpc) is 2.43. The average molecular weight is 321 g/mol. The molecule has 0 heterocycles. The van der Waals surface area contributed by atoms with Crippen LogP contribution in [0.2, 0.25) is 0 Å². The number of amides is 1. The predicted octanol–water partition coefficient (Wildman–Crippen LogP) is 2.69. The van der Waals surface area contributed by atoms with E-state index in [-0.39, 0.29) is 28.2 Å². The Morgan fingerprint density at radius 2 is 2.09 bits per heavy atom. The number of aliphatic imine (C=N–C) groups is 1. The van der Waals surface area contributed by atoms with Gasteiger partial charge in [-0.05, 0) is 12.2 Å². The summed E-state index contributed by atoms with van der Waals surface area (Å²) in [7, 11) is 1.40. The maximum Gasteiger partial charge on any atom is 0.221 e. The number of carbonyl (C=O) groups excluding carboxylic acids is 2. The fourth-order valence-electron chi connectivity index (χ4n) is 1.81. The summed E-state index contributed by atoms with van der Waals surface area (Å²) in [6.07, 6.45) is 4.05. The minimum atomic E-state index is -0.318. The van der Waals surface area contributed by atoms with Crippen LogP contribution < -0.4 is 10.1 Å². The van der Waals surface area contributed by atoms with E-state index in [0.29, 0.717) is 17.1 Å². The Bertz CT molecular complexity index is 735. The van der Waals surface area contributed by atoms with Crippen LogP contribution in [0.5, 0.6) is 11.5 Å². The van der Waals surface area contributed by atoms with Gasteiger partial charge in [-0.2, -0.15) is 0 Å². The largest absolute Gasteiger partial charge is 0.504 e. The maximum atomic E-state index is 11.3. The van der Waals surface area contributed by atoms with E-state index in [1.54, 1.807) is 0 Å². The molecule has 0 aromatic heterocycles. The number of allylic oxidation sites excluding steroid dienone is 4. The maximum absolute atomic E-state index is 11.3. The first-order chi connectivity index (χ1) is 10.4. The molecule has 0 atom stereocenters. The van der Waals surface area contributed by atoms with Crippen molar-refractivity contribution >= 4 is 40.4 Å². The van der Waals surface area contributed by atoms with Crippen LogP contribution in [0, 0.1) is 0 Å². The lowest BCUT2D eigenvalue weighted by molar-refractivity contribution is -0.114. The van der Waals surface area contributed by atoms with Crippen molar-refractivity contribution in [2.45, 2.75) is 6.92 Å². The van der Waals surface area contributed by atoms with Crippen molar-refractivity contribution in [1.82, 2.24) is 0 Å². The van der Waals surface area contributed by atoms with Crippen LogP contribution in [0.1, 0.15) is 6.92 Å². The number of aromatic hydroxyl groups is 1. The quantitative estimate of drug-likeness (QED) is 0.838. The minimum Gasteiger partial charge on any atom is -0.504 e. The number of nitrogens with one attached hydrogen (secondary N) is 1. The van der Waals surface area contributed by atoms with Gasteiger partial charge >= 0.3 is 0 Å². The lowest BCUT2D eigenvalue weighted by atomic mass is 10.1. The molecule has 0 aliphatic heterocycles. The van der Waals surface area contributed by atoms with Crippen LogP contribution in [-0.4, -0.2) is 29.6 Å². The summed E-state index contributed by atoms with van der Waals surface area (Å²) in [4.78, 5) is 26.8. The molecule has 0 bridgehead atoms. The molecule has 0 spiro atoms. The second kappa shape index (κ2) is 6.44. The molecule has 7 heteroatoms. The van der Waals surface area contributed by atoms with Gasteiger partial charge in [0.15, 0.2) is 17.3 Å². The second-order valence-corrected chi connectivity index (χ2v) is 4.85. The number of hydrogen-bond donors (Lipinski definition) is 2. The summed E-state index contributed by atoms with van der Waals surface area (Å²) in [5, 5.41) is 12.6. The van der Waals surface area contributed by atoms with E-state index >= 15 is 0 Å². The first kappa shape index (κ1) is 15.8. The fraction of sp³-hybridized carbons (Fsp3) is 0.133. The molecule has 114 valence electrons. The van der Waals surface area contributed by atoms with Crippen LogP contribution in [0.4, 0.5) is 11.4 Å². The van der Waals surface area contributed by atoms with Crippen molar-refractivity contribution in [2.75, 3.05) is 12.4 Å². The molecule has 0 unspecified atom stereocenters. The number of hydrogen-bond acceptors (Lipinski definition) is 5. The Morgan fingerprint density at radius 3 is 2.68 bits per heavy atom. The van der Waals surface area contributed by atoms with Crippen molar-refractivity contribution in [3.05, 3.63) is 35.4 Å². The number of nitrogens with zero attached hydrogens (tertiary/aromatic N) is 1. The van der Waals surface area contributed by atoms with E-state index in [9.17, 15) is 14.7 Å². The van der Waals surface area contributed by atoms with Crippen LogP contribution in [0.3, 0.4) is 0 Å². The molecule has 6 nitrogen and oxygen atoms in total. The van der Waals surface area contributed by atoms with Gasteiger partial charge in [0.05, 0.1) is 29.2 Å². The van der Waals surface area contributed by atoms with E-state index < -0.39 is 0 Å². The normalized spacial score (nSPS) is 15.7. The van der Waals surface area contributed by atoms with Crippen molar-refractivity contribution in [2.24, 2.45) is 4.99 Å². The molecule has 0 saturated carbocycles. The Morgan fingerprint density at radius 1 is 1.36 bits per heavy atom. The first-order valence-corrected chi connectivity index (χ1v) is 6.65. The Kier molecular flexibility index (Phi) is 4.62.